The topological polar surface area (TPSA) is 96.1 Å². The molecule has 2 saturated heterocycles. The van der Waals surface area contributed by atoms with Gasteiger partial charge >= 0.3 is 5.97 Å². The van der Waals surface area contributed by atoms with Crippen LogP contribution in [0.3, 0.4) is 0 Å². The minimum Gasteiger partial charge on any atom is -0.460 e. The molecule has 2 aliphatic rings. The van der Waals surface area contributed by atoms with E-state index in [-0.39, 0.29) is 23.4 Å². The average molecular weight is 328 g/mol. The molecule has 4 heterocycles. The van der Waals surface area contributed by atoms with Gasteiger partial charge < -0.3 is 20.4 Å². The summed E-state index contributed by atoms with van der Waals surface area (Å²) in [5.41, 5.74) is 0.883. The first-order valence-electron chi connectivity index (χ1n) is 8.30. The summed E-state index contributed by atoms with van der Waals surface area (Å²) in [6.45, 7) is 2.03. The van der Waals surface area contributed by atoms with Crippen LogP contribution in [0.15, 0.2) is 24.5 Å². The van der Waals surface area contributed by atoms with E-state index in [2.05, 4.69) is 20.6 Å². The molecule has 1 amide bonds. The van der Waals surface area contributed by atoms with Gasteiger partial charge in [0.05, 0.1) is 17.5 Å². The molecule has 1 spiro atoms. The first-order valence-corrected chi connectivity index (χ1v) is 8.30. The van der Waals surface area contributed by atoms with Crippen LogP contribution >= 0.6 is 0 Å². The van der Waals surface area contributed by atoms with Crippen LogP contribution in [-0.4, -0.2) is 47.6 Å². The number of fused-ring (bicyclic) bond motifs is 1. The van der Waals surface area contributed by atoms with Gasteiger partial charge in [0.15, 0.2) is 0 Å². The Morgan fingerprint density at radius 1 is 1.42 bits per heavy atom. The van der Waals surface area contributed by atoms with Crippen LogP contribution in [0.25, 0.3) is 11.0 Å². The van der Waals surface area contributed by atoms with E-state index in [1.807, 2.05) is 6.07 Å². The largest absolute Gasteiger partial charge is 0.460 e. The standard InChI is InChI=1S/C17H20N4O3/c22-15(13-10-20-14-12(13)2-1-5-19-14)21-9-11-8-17(16(23)24-11)3-6-18-7-4-17/h1-2,5,10-11,18H,3-4,6-9H2,(H,19,20)(H,21,22). The number of carbonyl (C=O) groups excluding carboxylic acids is 2. The molecule has 7 nitrogen and oxygen atoms in total. The van der Waals surface area contributed by atoms with Gasteiger partial charge in [-0.3, -0.25) is 9.59 Å². The van der Waals surface area contributed by atoms with Crippen molar-refractivity contribution in [2.75, 3.05) is 19.6 Å². The summed E-state index contributed by atoms with van der Waals surface area (Å²) in [7, 11) is 0. The van der Waals surface area contributed by atoms with Crippen LogP contribution in [0, 0.1) is 5.41 Å². The minimum absolute atomic E-state index is 0.112. The number of carbonyl (C=O) groups is 2. The van der Waals surface area contributed by atoms with Gasteiger partial charge in [0.1, 0.15) is 11.8 Å². The van der Waals surface area contributed by atoms with Gasteiger partial charge in [-0.2, -0.15) is 0 Å². The molecule has 0 aromatic carbocycles. The lowest BCUT2D eigenvalue weighted by atomic mass is 9.76. The van der Waals surface area contributed by atoms with Crippen LogP contribution in [0.5, 0.6) is 0 Å². The van der Waals surface area contributed by atoms with Crippen molar-refractivity contribution in [2.24, 2.45) is 5.41 Å². The molecule has 24 heavy (non-hydrogen) atoms. The SMILES string of the molecule is O=C(NCC1CC2(CCNCC2)C(=O)O1)c1c[nH]c2ncccc12. The number of nitrogens with one attached hydrogen (secondary N) is 3. The number of pyridine rings is 1. The van der Waals surface area contributed by atoms with Crippen LogP contribution in [0.4, 0.5) is 0 Å². The maximum atomic E-state index is 12.4. The van der Waals surface area contributed by atoms with Crippen LogP contribution in [0.2, 0.25) is 0 Å². The van der Waals surface area contributed by atoms with Gasteiger partial charge in [0.2, 0.25) is 0 Å². The average Bonchev–Trinajstić information content (AvgIpc) is 3.16. The third kappa shape index (κ3) is 2.54. The normalized spacial score (nSPS) is 22.7. The Morgan fingerprint density at radius 2 is 2.25 bits per heavy atom. The molecule has 4 rings (SSSR count). The summed E-state index contributed by atoms with van der Waals surface area (Å²) >= 11 is 0. The van der Waals surface area contributed by atoms with Crippen LogP contribution in [-0.2, 0) is 9.53 Å². The van der Waals surface area contributed by atoms with E-state index in [9.17, 15) is 9.59 Å². The number of rotatable bonds is 3. The van der Waals surface area contributed by atoms with Crippen molar-refractivity contribution < 1.29 is 14.3 Å². The third-order valence-electron chi connectivity index (χ3n) is 5.07. The number of hydrogen-bond donors (Lipinski definition) is 3. The Kier molecular flexibility index (Phi) is 3.72. The van der Waals surface area contributed by atoms with Gasteiger partial charge in [-0.05, 0) is 38.1 Å². The summed E-state index contributed by atoms with van der Waals surface area (Å²) in [6.07, 6.45) is 5.39. The number of amides is 1. The summed E-state index contributed by atoms with van der Waals surface area (Å²) in [5.74, 6) is -0.295. The maximum Gasteiger partial charge on any atom is 0.312 e. The fraction of sp³-hybridized carbons (Fsp3) is 0.471. The minimum atomic E-state index is -0.356. The van der Waals surface area contributed by atoms with Gasteiger partial charge in [0.25, 0.3) is 5.91 Å². The fourth-order valence-corrected chi connectivity index (χ4v) is 3.71. The van der Waals surface area contributed by atoms with Crippen molar-refractivity contribution in [2.45, 2.75) is 25.4 Å². The second kappa shape index (κ2) is 5.90. The second-order valence-electron chi connectivity index (χ2n) is 6.57. The number of piperidine rings is 1. The number of ether oxygens (including phenoxy) is 1. The number of H-pyrrole nitrogens is 1. The first-order chi connectivity index (χ1) is 11.7. The zero-order valence-corrected chi connectivity index (χ0v) is 13.3. The Balaban J connectivity index is 1.40. The highest BCUT2D eigenvalue weighted by Crippen LogP contribution is 2.41. The Hall–Kier alpha value is -2.41. The van der Waals surface area contributed by atoms with Crippen molar-refractivity contribution >= 4 is 22.9 Å². The fourth-order valence-electron chi connectivity index (χ4n) is 3.71. The molecule has 2 aliphatic heterocycles. The number of hydrogen-bond acceptors (Lipinski definition) is 5. The third-order valence-corrected chi connectivity index (χ3v) is 5.07. The predicted molar refractivity (Wildman–Crippen MR) is 87.5 cm³/mol. The zero-order chi connectivity index (χ0) is 16.6. The highest BCUT2D eigenvalue weighted by atomic mass is 16.6. The van der Waals surface area contributed by atoms with Crippen molar-refractivity contribution in [1.29, 1.82) is 0 Å². The summed E-state index contributed by atoms with van der Waals surface area (Å²) in [4.78, 5) is 31.8. The molecule has 0 aliphatic carbocycles. The number of aromatic amines is 1. The maximum absolute atomic E-state index is 12.4. The van der Waals surface area contributed by atoms with Crippen LogP contribution in [0.1, 0.15) is 29.6 Å². The highest BCUT2D eigenvalue weighted by molar-refractivity contribution is 6.05. The molecule has 1 atom stereocenters. The molecule has 3 N–H and O–H groups in total. The van der Waals surface area contributed by atoms with E-state index in [1.54, 1.807) is 18.5 Å². The highest BCUT2D eigenvalue weighted by Gasteiger charge is 2.49. The molecule has 7 heteroatoms. The van der Waals surface area contributed by atoms with Crippen LogP contribution < -0.4 is 10.6 Å². The Labute approximate surface area is 139 Å². The summed E-state index contributed by atoms with van der Waals surface area (Å²) in [6, 6.07) is 3.65. The number of nitrogens with zero attached hydrogens (tertiary/aromatic N) is 1. The molecule has 2 aromatic rings. The van der Waals surface area contributed by atoms with Crippen molar-refractivity contribution in [3.05, 3.63) is 30.1 Å². The van der Waals surface area contributed by atoms with Crippen molar-refractivity contribution in [3.63, 3.8) is 0 Å². The lowest BCUT2D eigenvalue weighted by Gasteiger charge is -2.29. The Bertz CT molecular complexity index is 779. The van der Waals surface area contributed by atoms with E-state index < -0.39 is 0 Å². The zero-order valence-electron chi connectivity index (χ0n) is 13.3. The van der Waals surface area contributed by atoms with E-state index in [0.717, 1.165) is 31.3 Å². The van der Waals surface area contributed by atoms with Gasteiger partial charge in [-0.25, -0.2) is 4.98 Å². The van der Waals surface area contributed by atoms with E-state index in [0.29, 0.717) is 24.2 Å². The van der Waals surface area contributed by atoms with Gasteiger partial charge in [-0.15, -0.1) is 0 Å². The molecular weight excluding hydrogens is 308 g/mol. The van der Waals surface area contributed by atoms with E-state index in [4.69, 9.17) is 4.74 Å². The van der Waals surface area contributed by atoms with Crippen molar-refractivity contribution in [3.8, 4) is 0 Å². The van der Waals surface area contributed by atoms with Gasteiger partial charge in [0, 0.05) is 24.2 Å². The molecule has 0 bridgehead atoms. The molecule has 0 saturated carbocycles. The van der Waals surface area contributed by atoms with E-state index >= 15 is 0 Å². The first kappa shape index (κ1) is 15.1. The smallest absolute Gasteiger partial charge is 0.312 e. The quantitative estimate of drug-likeness (QED) is 0.730. The molecule has 2 fully saturated rings. The summed E-state index contributed by atoms with van der Waals surface area (Å²) < 4.78 is 5.51. The lowest BCUT2D eigenvalue weighted by molar-refractivity contribution is -0.149. The molecule has 126 valence electrons. The van der Waals surface area contributed by atoms with Gasteiger partial charge in [-0.1, -0.05) is 0 Å². The summed E-state index contributed by atoms with van der Waals surface area (Å²) in [5, 5.41) is 6.94. The molecular formula is C17H20N4O3. The Morgan fingerprint density at radius 3 is 3.08 bits per heavy atom. The predicted octanol–water partition coefficient (Wildman–Crippen LogP) is 0.978. The molecule has 2 aromatic heterocycles. The van der Waals surface area contributed by atoms with Crippen molar-refractivity contribution in [1.82, 2.24) is 20.6 Å². The number of cyclic esters (lactones) is 1. The number of esters is 1. The molecule has 1 unspecified atom stereocenters. The lowest BCUT2D eigenvalue weighted by Crippen LogP contribution is -2.39. The second-order valence-corrected chi connectivity index (χ2v) is 6.57. The molecule has 0 radical (unpaired) electrons. The number of aromatic nitrogens is 2. The monoisotopic (exact) mass is 328 g/mol. The van der Waals surface area contributed by atoms with E-state index in [1.165, 1.54) is 0 Å².